The average Bonchev–Trinajstić information content (AvgIpc) is 3.23. The van der Waals surface area contributed by atoms with Gasteiger partial charge in [0.15, 0.2) is 0 Å². The molecule has 2 aromatic rings. The average molecular weight is 477 g/mol. The molecule has 0 aromatic heterocycles. The Morgan fingerprint density at radius 1 is 1.00 bits per heavy atom. The van der Waals surface area contributed by atoms with Gasteiger partial charge in [-0.25, -0.2) is 4.79 Å². The van der Waals surface area contributed by atoms with Gasteiger partial charge in [0.25, 0.3) is 0 Å². The Labute approximate surface area is 203 Å². The highest BCUT2D eigenvalue weighted by molar-refractivity contribution is 5.82. The van der Waals surface area contributed by atoms with Crippen molar-refractivity contribution in [3.05, 3.63) is 59.7 Å². The highest BCUT2D eigenvalue weighted by atomic mass is 16.5. The molecule has 0 bridgehead atoms. The number of ether oxygens (including phenoxy) is 2. The number of hydrogen-bond acceptors (Lipinski definition) is 5. The van der Waals surface area contributed by atoms with Crippen molar-refractivity contribution in [3.63, 3.8) is 0 Å². The highest BCUT2D eigenvalue weighted by Gasteiger charge is 2.61. The maximum Gasteiger partial charge on any atom is 0.407 e. The quantitative estimate of drug-likeness (QED) is 0.664. The van der Waals surface area contributed by atoms with Crippen molar-refractivity contribution in [1.82, 2.24) is 10.2 Å². The molecule has 2 aromatic carbocycles. The zero-order chi connectivity index (χ0) is 24.1. The lowest BCUT2D eigenvalue weighted by Crippen LogP contribution is -2.38. The first-order valence-electron chi connectivity index (χ1n) is 12.2. The number of carbonyl (C=O) groups excluding carboxylic acids is 2. The third-order valence-corrected chi connectivity index (χ3v) is 8.04. The molecule has 8 nitrogen and oxygen atoms in total. The van der Waals surface area contributed by atoms with Crippen LogP contribution in [0.15, 0.2) is 48.5 Å². The summed E-state index contributed by atoms with van der Waals surface area (Å²) in [4.78, 5) is 38.2. The molecular formula is C27H28N2O6. The second-order valence-electron chi connectivity index (χ2n) is 10.0. The summed E-state index contributed by atoms with van der Waals surface area (Å²) >= 11 is 0. The van der Waals surface area contributed by atoms with Gasteiger partial charge in [-0.15, -0.1) is 0 Å². The minimum atomic E-state index is -0.754. The van der Waals surface area contributed by atoms with Gasteiger partial charge in [-0.1, -0.05) is 48.5 Å². The van der Waals surface area contributed by atoms with E-state index in [0.29, 0.717) is 26.1 Å². The SMILES string of the molecule is O=C(NC[C@@H]1C[C@H](C(=O)N2CC3C(C2)C3C(=O)O)CO1)OCC1c2ccccc2-c2ccccc21. The normalized spacial score (nSPS) is 28.2. The zero-order valence-corrected chi connectivity index (χ0v) is 19.3. The number of rotatable bonds is 6. The van der Waals surface area contributed by atoms with Gasteiger partial charge in [0, 0.05) is 25.6 Å². The predicted octanol–water partition coefficient (Wildman–Crippen LogP) is 2.72. The summed E-state index contributed by atoms with van der Waals surface area (Å²) in [7, 11) is 0. The minimum Gasteiger partial charge on any atom is -0.481 e. The predicted molar refractivity (Wildman–Crippen MR) is 126 cm³/mol. The van der Waals surface area contributed by atoms with E-state index in [1.54, 1.807) is 4.90 Å². The van der Waals surface area contributed by atoms with Crippen LogP contribution >= 0.6 is 0 Å². The van der Waals surface area contributed by atoms with E-state index >= 15 is 0 Å². The van der Waals surface area contributed by atoms with Crippen LogP contribution in [-0.4, -0.2) is 66.9 Å². The molecule has 2 N–H and O–H groups in total. The maximum absolute atomic E-state index is 12.8. The van der Waals surface area contributed by atoms with Crippen LogP contribution in [0.1, 0.15) is 23.5 Å². The Morgan fingerprint density at radius 2 is 1.63 bits per heavy atom. The van der Waals surface area contributed by atoms with Gasteiger partial charge in [-0.3, -0.25) is 9.59 Å². The summed E-state index contributed by atoms with van der Waals surface area (Å²) in [6.45, 7) is 1.91. The fourth-order valence-corrected chi connectivity index (χ4v) is 6.20. The molecule has 4 aliphatic rings. The van der Waals surface area contributed by atoms with Crippen LogP contribution in [0.4, 0.5) is 4.79 Å². The molecule has 3 fully saturated rings. The third kappa shape index (κ3) is 3.95. The van der Waals surface area contributed by atoms with Gasteiger partial charge < -0.3 is 24.8 Å². The number of nitrogens with one attached hydrogen (secondary N) is 1. The number of hydrogen-bond donors (Lipinski definition) is 2. The summed E-state index contributed by atoms with van der Waals surface area (Å²) in [6.07, 6.45) is -0.200. The minimum absolute atomic E-state index is 0.00489. The third-order valence-electron chi connectivity index (χ3n) is 8.04. The molecule has 4 atom stereocenters. The van der Waals surface area contributed by atoms with Crippen LogP contribution in [0.2, 0.25) is 0 Å². The van der Waals surface area contributed by atoms with Crippen LogP contribution in [0.3, 0.4) is 0 Å². The van der Waals surface area contributed by atoms with E-state index in [4.69, 9.17) is 14.6 Å². The largest absolute Gasteiger partial charge is 0.481 e. The van der Waals surface area contributed by atoms with Crippen molar-refractivity contribution >= 4 is 18.0 Å². The molecule has 1 saturated carbocycles. The molecule has 0 radical (unpaired) electrons. The molecule has 8 heteroatoms. The van der Waals surface area contributed by atoms with Gasteiger partial charge in [-0.05, 0) is 40.5 Å². The van der Waals surface area contributed by atoms with E-state index in [1.165, 1.54) is 11.1 Å². The fourth-order valence-electron chi connectivity index (χ4n) is 6.20. The zero-order valence-electron chi connectivity index (χ0n) is 19.3. The molecule has 182 valence electrons. The Morgan fingerprint density at radius 3 is 2.26 bits per heavy atom. The number of piperidine rings is 1. The van der Waals surface area contributed by atoms with Crippen molar-refractivity contribution in [2.24, 2.45) is 23.7 Å². The van der Waals surface area contributed by atoms with Gasteiger partial charge in [0.1, 0.15) is 6.61 Å². The maximum atomic E-state index is 12.8. The number of carbonyl (C=O) groups is 3. The number of aliphatic carboxylic acids is 1. The van der Waals surface area contributed by atoms with Crippen LogP contribution in [0, 0.1) is 23.7 Å². The number of carboxylic acid groups (broad SMARTS) is 1. The van der Waals surface area contributed by atoms with E-state index in [-0.39, 0.29) is 54.8 Å². The van der Waals surface area contributed by atoms with E-state index < -0.39 is 12.1 Å². The lowest BCUT2D eigenvalue weighted by atomic mass is 9.98. The summed E-state index contributed by atoms with van der Waals surface area (Å²) in [5, 5.41) is 11.9. The fraction of sp³-hybridized carbons (Fsp3) is 0.444. The molecule has 2 aliphatic carbocycles. The molecule has 2 amide bonds. The lowest BCUT2D eigenvalue weighted by molar-refractivity contribution is -0.141. The molecule has 2 saturated heterocycles. The second kappa shape index (κ2) is 8.68. The van der Waals surface area contributed by atoms with E-state index in [9.17, 15) is 14.4 Å². The van der Waals surface area contributed by atoms with E-state index in [1.807, 2.05) is 24.3 Å². The van der Waals surface area contributed by atoms with Gasteiger partial charge in [0.05, 0.1) is 24.5 Å². The first-order valence-corrected chi connectivity index (χ1v) is 12.2. The van der Waals surface area contributed by atoms with Crippen LogP contribution < -0.4 is 5.32 Å². The van der Waals surface area contributed by atoms with Crippen LogP contribution in [-0.2, 0) is 19.1 Å². The molecule has 2 unspecified atom stereocenters. The van der Waals surface area contributed by atoms with Gasteiger partial charge in [-0.2, -0.15) is 0 Å². The Bertz CT molecular complexity index is 1120. The summed E-state index contributed by atoms with van der Waals surface area (Å²) in [6, 6.07) is 16.4. The number of carboxylic acids is 1. The number of alkyl carbamates (subject to hydrolysis) is 1. The molecule has 2 heterocycles. The van der Waals surface area contributed by atoms with Crippen molar-refractivity contribution in [2.45, 2.75) is 18.4 Å². The number of benzene rings is 2. The smallest absolute Gasteiger partial charge is 0.407 e. The highest BCUT2D eigenvalue weighted by Crippen LogP contribution is 2.52. The molecular weight excluding hydrogens is 448 g/mol. The van der Waals surface area contributed by atoms with Crippen LogP contribution in [0.5, 0.6) is 0 Å². The monoisotopic (exact) mass is 476 g/mol. The Kier molecular flexibility index (Phi) is 5.48. The summed E-state index contributed by atoms with van der Waals surface area (Å²) in [5.74, 6) is -1.04. The summed E-state index contributed by atoms with van der Waals surface area (Å²) in [5.41, 5.74) is 4.69. The molecule has 6 rings (SSSR count). The summed E-state index contributed by atoms with van der Waals surface area (Å²) < 4.78 is 11.3. The van der Waals surface area contributed by atoms with Crippen molar-refractivity contribution in [1.29, 1.82) is 0 Å². The second-order valence-corrected chi connectivity index (χ2v) is 10.0. The Balaban J connectivity index is 0.967. The lowest BCUT2D eigenvalue weighted by Gasteiger charge is -2.22. The van der Waals surface area contributed by atoms with Crippen molar-refractivity contribution < 1.29 is 29.0 Å². The first-order chi connectivity index (χ1) is 17.0. The first kappa shape index (κ1) is 22.1. The molecule has 35 heavy (non-hydrogen) atoms. The molecule has 0 spiro atoms. The van der Waals surface area contributed by atoms with Gasteiger partial charge >= 0.3 is 12.1 Å². The topological polar surface area (TPSA) is 105 Å². The molecule has 2 aliphatic heterocycles. The number of likely N-dealkylation sites (tertiary alicyclic amines) is 1. The number of amides is 2. The van der Waals surface area contributed by atoms with E-state index in [0.717, 1.165) is 11.1 Å². The van der Waals surface area contributed by atoms with Crippen molar-refractivity contribution in [2.75, 3.05) is 32.8 Å². The van der Waals surface area contributed by atoms with Gasteiger partial charge in [0.2, 0.25) is 5.91 Å². The standard InChI is InChI=1S/C27H28N2O6/c30-25(29-11-21-22(12-29)24(21)26(31)32)15-9-16(34-13-15)10-28-27(33)35-14-23-19-7-3-1-5-17(19)18-6-2-4-8-20(18)23/h1-8,15-16,21-24H,9-14H2,(H,28,33)(H,31,32)/t15-,16-,21?,22?,24?/m0/s1. The van der Waals surface area contributed by atoms with Crippen molar-refractivity contribution in [3.8, 4) is 11.1 Å². The number of nitrogens with zero attached hydrogens (tertiary/aromatic N) is 1. The Hall–Kier alpha value is -3.39. The van der Waals surface area contributed by atoms with Crippen LogP contribution in [0.25, 0.3) is 11.1 Å². The number of fused-ring (bicyclic) bond motifs is 4. The van der Waals surface area contributed by atoms with E-state index in [2.05, 4.69) is 29.6 Å².